The summed E-state index contributed by atoms with van der Waals surface area (Å²) < 4.78 is 10.4. The van der Waals surface area contributed by atoms with Crippen LogP contribution in [0.3, 0.4) is 0 Å². The summed E-state index contributed by atoms with van der Waals surface area (Å²) in [5, 5.41) is 4.73. The fraction of sp³-hybridized carbons (Fsp3) is 0.545. The van der Waals surface area contributed by atoms with Crippen molar-refractivity contribution in [3.8, 4) is 0 Å². The molecule has 1 fully saturated rings. The molecule has 4 amide bonds. The van der Waals surface area contributed by atoms with Crippen LogP contribution in [-0.4, -0.2) is 54.2 Å². The van der Waals surface area contributed by atoms with Gasteiger partial charge < -0.3 is 19.7 Å². The Kier molecular flexibility index (Phi) is 8.01. The monoisotopic (exact) mass is 433 g/mol. The van der Waals surface area contributed by atoms with E-state index in [9.17, 15) is 19.2 Å². The van der Waals surface area contributed by atoms with Crippen LogP contribution in [-0.2, 0) is 19.1 Å². The molecule has 9 nitrogen and oxygen atoms in total. The number of hydrogen-bond acceptors (Lipinski definition) is 6. The van der Waals surface area contributed by atoms with Gasteiger partial charge >= 0.3 is 18.1 Å². The molecule has 2 N–H and O–H groups in total. The lowest BCUT2D eigenvalue weighted by Crippen LogP contribution is -2.43. The number of anilines is 1. The molecule has 9 heteroatoms. The SMILES string of the molecule is Cc1ccc(NC(=O)NC(=O)COC(=O)C2CCN(C(=O)OC(C)(C)C)CC2)c(C)c1. The van der Waals surface area contributed by atoms with Gasteiger partial charge in [0.05, 0.1) is 5.92 Å². The van der Waals surface area contributed by atoms with Gasteiger partial charge in [-0.3, -0.25) is 14.9 Å². The maximum absolute atomic E-state index is 12.2. The summed E-state index contributed by atoms with van der Waals surface area (Å²) in [7, 11) is 0. The molecule has 1 saturated heterocycles. The first-order valence-electron chi connectivity index (χ1n) is 10.3. The third-order valence-corrected chi connectivity index (χ3v) is 4.71. The number of piperidine rings is 1. The second-order valence-corrected chi connectivity index (χ2v) is 8.67. The Balaban J connectivity index is 1.72. The van der Waals surface area contributed by atoms with Crippen LogP contribution in [0.2, 0.25) is 0 Å². The first-order chi connectivity index (χ1) is 14.4. The van der Waals surface area contributed by atoms with Crippen molar-refractivity contribution in [2.75, 3.05) is 25.0 Å². The lowest BCUT2D eigenvalue weighted by molar-refractivity contribution is -0.153. The van der Waals surface area contributed by atoms with Crippen LogP contribution in [0, 0.1) is 19.8 Å². The van der Waals surface area contributed by atoms with Crippen molar-refractivity contribution in [2.45, 2.75) is 53.1 Å². The van der Waals surface area contributed by atoms with Gasteiger partial charge in [0.2, 0.25) is 0 Å². The van der Waals surface area contributed by atoms with Gasteiger partial charge in [0.25, 0.3) is 5.91 Å². The highest BCUT2D eigenvalue weighted by Crippen LogP contribution is 2.21. The predicted octanol–water partition coefficient (Wildman–Crippen LogP) is 3.14. The summed E-state index contributed by atoms with van der Waals surface area (Å²) in [6.45, 7) is 9.37. The second kappa shape index (κ2) is 10.3. The van der Waals surface area contributed by atoms with Crippen LogP contribution in [0.4, 0.5) is 15.3 Å². The van der Waals surface area contributed by atoms with Gasteiger partial charge in [0, 0.05) is 18.8 Å². The van der Waals surface area contributed by atoms with Crippen molar-refractivity contribution >= 4 is 29.7 Å². The first-order valence-corrected chi connectivity index (χ1v) is 10.3. The average molecular weight is 434 g/mol. The minimum Gasteiger partial charge on any atom is -0.455 e. The average Bonchev–Trinajstić information content (AvgIpc) is 2.67. The summed E-state index contributed by atoms with van der Waals surface area (Å²) >= 11 is 0. The van der Waals surface area contributed by atoms with Crippen molar-refractivity contribution in [1.29, 1.82) is 0 Å². The molecule has 0 atom stereocenters. The summed E-state index contributed by atoms with van der Waals surface area (Å²) in [6, 6.07) is 4.81. The van der Waals surface area contributed by atoms with E-state index in [-0.39, 0.29) is 0 Å². The van der Waals surface area contributed by atoms with E-state index < -0.39 is 42.1 Å². The van der Waals surface area contributed by atoms with Crippen LogP contribution in [0.15, 0.2) is 18.2 Å². The minimum atomic E-state index is -0.721. The molecule has 0 saturated carbocycles. The van der Waals surface area contributed by atoms with Crippen molar-refractivity contribution in [3.05, 3.63) is 29.3 Å². The number of benzene rings is 1. The molecule has 0 unspecified atom stereocenters. The molecule has 31 heavy (non-hydrogen) atoms. The van der Waals surface area contributed by atoms with E-state index in [1.54, 1.807) is 31.7 Å². The zero-order valence-corrected chi connectivity index (χ0v) is 18.7. The number of nitrogens with zero attached hydrogens (tertiary/aromatic N) is 1. The molecular weight excluding hydrogens is 402 g/mol. The van der Waals surface area contributed by atoms with Crippen molar-refractivity contribution in [2.24, 2.45) is 5.92 Å². The van der Waals surface area contributed by atoms with Crippen LogP contribution in [0.25, 0.3) is 0 Å². The number of likely N-dealkylation sites (tertiary alicyclic amines) is 1. The number of imide groups is 1. The quantitative estimate of drug-likeness (QED) is 0.705. The number of carbonyl (C=O) groups excluding carboxylic acids is 4. The van der Waals surface area contributed by atoms with Crippen molar-refractivity contribution in [3.63, 3.8) is 0 Å². The zero-order chi connectivity index (χ0) is 23.2. The normalized spacial score (nSPS) is 14.5. The number of nitrogens with one attached hydrogen (secondary N) is 2. The summed E-state index contributed by atoms with van der Waals surface area (Å²) in [5.74, 6) is -1.65. The molecule has 1 aromatic rings. The van der Waals surface area contributed by atoms with Gasteiger partial charge in [-0.05, 0) is 59.1 Å². The highest BCUT2D eigenvalue weighted by atomic mass is 16.6. The van der Waals surface area contributed by atoms with Gasteiger partial charge in [0.15, 0.2) is 6.61 Å². The van der Waals surface area contributed by atoms with E-state index in [1.165, 1.54) is 0 Å². The molecular formula is C22H31N3O6. The van der Waals surface area contributed by atoms with Crippen LogP contribution < -0.4 is 10.6 Å². The van der Waals surface area contributed by atoms with Gasteiger partial charge in [-0.15, -0.1) is 0 Å². The van der Waals surface area contributed by atoms with Gasteiger partial charge in [-0.1, -0.05) is 17.7 Å². The molecule has 1 heterocycles. The highest BCUT2D eigenvalue weighted by Gasteiger charge is 2.31. The Morgan fingerprint density at radius 1 is 1.10 bits per heavy atom. The van der Waals surface area contributed by atoms with Gasteiger partial charge in [-0.2, -0.15) is 0 Å². The fourth-order valence-electron chi connectivity index (χ4n) is 3.15. The molecule has 0 radical (unpaired) electrons. The molecule has 0 aliphatic carbocycles. The van der Waals surface area contributed by atoms with E-state index in [0.29, 0.717) is 31.6 Å². The Hall–Kier alpha value is -3.10. The van der Waals surface area contributed by atoms with Crippen LogP contribution in [0.1, 0.15) is 44.7 Å². The standard InChI is InChI=1S/C22H31N3O6/c1-14-6-7-17(15(2)12-14)23-20(28)24-18(26)13-30-19(27)16-8-10-25(11-9-16)21(29)31-22(3,4)5/h6-7,12,16H,8-11,13H2,1-5H3,(H2,23,24,26,28). The zero-order valence-electron chi connectivity index (χ0n) is 18.7. The lowest BCUT2D eigenvalue weighted by Gasteiger charge is -2.32. The van der Waals surface area contributed by atoms with Crippen LogP contribution in [0.5, 0.6) is 0 Å². The molecule has 0 aromatic heterocycles. The van der Waals surface area contributed by atoms with E-state index in [0.717, 1.165) is 11.1 Å². The third-order valence-electron chi connectivity index (χ3n) is 4.71. The van der Waals surface area contributed by atoms with Crippen LogP contribution >= 0.6 is 0 Å². The summed E-state index contributed by atoms with van der Waals surface area (Å²) in [4.78, 5) is 49.7. The van der Waals surface area contributed by atoms with Gasteiger partial charge in [-0.25, -0.2) is 9.59 Å². The number of esters is 1. The molecule has 1 aliphatic heterocycles. The Morgan fingerprint density at radius 3 is 2.32 bits per heavy atom. The van der Waals surface area contributed by atoms with E-state index in [4.69, 9.17) is 9.47 Å². The molecule has 1 aromatic carbocycles. The maximum Gasteiger partial charge on any atom is 0.410 e. The predicted molar refractivity (Wildman–Crippen MR) is 115 cm³/mol. The summed E-state index contributed by atoms with van der Waals surface area (Å²) in [5.41, 5.74) is 1.93. The number of aryl methyl sites for hydroxylation is 2. The Bertz CT molecular complexity index is 838. The van der Waals surface area contributed by atoms with Crippen molar-refractivity contribution in [1.82, 2.24) is 10.2 Å². The fourth-order valence-corrected chi connectivity index (χ4v) is 3.15. The topological polar surface area (TPSA) is 114 Å². The highest BCUT2D eigenvalue weighted by molar-refractivity contribution is 6.02. The number of hydrogen-bond donors (Lipinski definition) is 2. The second-order valence-electron chi connectivity index (χ2n) is 8.67. The van der Waals surface area contributed by atoms with Gasteiger partial charge in [0.1, 0.15) is 5.60 Å². The molecule has 170 valence electrons. The number of urea groups is 1. The molecule has 2 rings (SSSR count). The molecule has 1 aliphatic rings. The van der Waals surface area contributed by atoms with Crippen molar-refractivity contribution < 1.29 is 28.7 Å². The maximum atomic E-state index is 12.2. The van der Waals surface area contributed by atoms with E-state index >= 15 is 0 Å². The molecule has 0 spiro atoms. The summed E-state index contributed by atoms with van der Waals surface area (Å²) in [6.07, 6.45) is 0.438. The Morgan fingerprint density at radius 2 is 1.74 bits per heavy atom. The Labute approximate surface area is 182 Å². The number of ether oxygens (including phenoxy) is 2. The number of amides is 4. The number of carbonyl (C=O) groups is 4. The third kappa shape index (κ3) is 7.92. The van der Waals surface area contributed by atoms with E-state index in [1.807, 2.05) is 26.0 Å². The minimum absolute atomic E-state index is 0.374. The largest absolute Gasteiger partial charge is 0.455 e. The number of rotatable bonds is 4. The smallest absolute Gasteiger partial charge is 0.410 e. The lowest BCUT2D eigenvalue weighted by atomic mass is 9.97. The first kappa shape index (κ1) is 24.2. The van der Waals surface area contributed by atoms with E-state index in [2.05, 4.69) is 10.6 Å². The molecule has 0 bridgehead atoms.